The van der Waals surface area contributed by atoms with Crippen LogP contribution in [0.5, 0.6) is 11.5 Å². The maximum atomic E-state index is 6.28. The summed E-state index contributed by atoms with van der Waals surface area (Å²) in [4.78, 5) is 0. The molecule has 4 rings (SSSR count). The first kappa shape index (κ1) is 16.9. The lowest BCUT2D eigenvalue weighted by molar-refractivity contribution is 0.00185. The number of para-hydroxylation sites is 1. The second-order valence-corrected chi connectivity index (χ2v) is 6.86. The third-order valence-corrected chi connectivity index (χ3v) is 5.04. The van der Waals surface area contributed by atoms with Crippen LogP contribution in [0.3, 0.4) is 0 Å². The van der Waals surface area contributed by atoms with E-state index in [4.69, 9.17) is 13.9 Å². The van der Waals surface area contributed by atoms with Crippen molar-refractivity contribution in [2.75, 3.05) is 0 Å². The maximum absolute atomic E-state index is 6.28. The van der Waals surface area contributed by atoms with E-state index in [0.717, 1.165) is 17.9 Å². The second kappa shape index (κ2) is 8.24. The molecule has 3 heteroatoms. The maximum Gasteiger partial charge on any atom is 0.127 e. The average Bonchev–Trinajstić information content (AvgIpc) is 3.23. The highest BCUT2D eigenvalue weighted by Gasteiger charge is 2.27. The Balaban J connectivity index is 1.35. The van der Waals surface area contributed by atoms with Crippen molar-refractivity contribution in [1.82, 2.24) is 0 Å². The highest BCUT2D eigenvalue weighted by Crippen LogP contribution is 2.35. The second-order valence-electron chi connectivity index (χ2n) is 6.86. The van der Waals surface area contributed by atoms with Gasteiger partial charge in [0.15, 0.2) is 0 Å². The predicted octanol–water partition coefficient (Wildman–Crippen LogP) is 6.31. The van der Waals surface area contributed by atoms with Gasteiger partial charge in [0.1, 0.15) is 11.5 Å². The van der Waals surface area contributed by atoms with Gasteiger partial charge in [-0.05, 0) is 54.3 Å². The summed E-state index contributed by atoms with van der Waals surface area (Å²) in [6, 6.07) is 20.1. The summed E-state index contributed by atoms with van der Waals surface area (Å²) in [5, 5.41) is 0. The fourth-order valence-electron chi connectivity index (χ4n) is 3.65. The van der Waals surface area contributed by atoms with Crippen LogP contribution in [0.1, 0.15) is 42.7 Å². The van der Waals surface area contributed by atoms with Gasteiger partial charge in [-0.25, -0.2) is 0 Å². The molecule has 0 spiro atoms. The molecule has 0 unspecified atom stereocenters. The Labute approximate surface area is 154 Å². The van der Waals surface area contributed by atoms with Crippen LogP contribution in [-0.2, 0) is 11.3 Å². The lowest BCUT2D eigenvalue weighted by Gasteiger charge is -2.31. The van der Waals surface area contributed by atoms with E-state index in [-0.39, 0.29) is 6.10 Å². The zero-order valence-electron chi connectivity index (χ0n) is 14.8. The highest BCUT2D eigenvalue weighted by molar-refractivity contribution is 5.32. The van der Waals surface area contributed by atoms with Crippen molar-refractivity contribution in [3.05, 3.63) is 84.3 Å². The van der Waals surface area contributed by atoms with E-state index in [1.807, 2.05) is 48.7 Å². The summed E-state index contributed by atoms with van der Waals surface area (Å²) in [6.45, 7) is 0.630. The largest absolute Gasteiger partial charge is 0.472 e. The Bertz CT molecular complexity index is 778. The number of rotatable bonds is 6. The van der Waals surface area contributed by atoms with Crippen LogP contribution < -0.4 is 4.74 Å². The summed E-state index contributed by atoms with van der Waals surface area (Å²) in [5.74, 6) is 2.14. The lowest BCUT2D eigenvalue weighted by atomic mass is 9.82. The minimum absolute atomic E-state index is 0.265. The van der Waals surface area contributed by atoms with Crippen LogP contribution in [0.15, 0.2) is 77.6 Å². The normalized spacial score (nSPS) is 20.0. The number of benzene rings is 2. The van der Waals surface area contributed by atoms with E-state index in [2.05, 4.69) is 18.2 Å². The van der Waals surface area contributed by atoms with Crippen molar-refractivity contribution >= 4 is 0 Å². The van der Waals surface area contributed by atoms with Crippen LogP contribution in [0, 0.1) is 0 Å². The van der Waals surface area contributed by atoms with Crippen molar-refractivity contribution < 1.29 is 13.9 Å². The molecule has 3 aromatic rings. The molecule has 1 aliphatic rings. The molecule has 2 aromatic carbocycles. The van der Waals surface area contributed by atoms with Crippen molar-refractivity contribution in [1.29, 1.82) is 0 Å². The van der Waals surface area contributed by atoms with Gasteiger partial charge in [-0.3, -0.25) is 0 Å². The Kier molecular flexibility index (Phi) is 5.36. The third-order valence-electron chi connectivity index (χ3n) is 5.04. The van der Waals surface area contributed by atoms with E-state index in [0.29, 0.717) is 12.5 Å². The third kappa shape index (κ3) is 4.17. The molecule has 1 saturated carbocycles. The fourth-order valence-corrected chi connectivity index (χ4v) is 3.65. The van der Waals surface area contributed by atoms with Crippen molar-refractivity contribution in [2.45, 2.75) is 44.3 Å². The number of furan rings is 1. The van der Waals surface area contributed by atoms with Crippen LogP contribution in [-0.4, -0.2) is 6.10 Å². The van der Waals surface area contributed by atoms with Gasteiger partial charge in [0.25, 0.3) is 0 Å². The van der Waals surface area contributed by atoms with Gasteiger partial charge in [-0.1, -0.05) is 43.2 Å². The lowest BCUT2D eigenvalue weighted by Crippen LogP contribution is -2.25. The van der Waals surface area contributed by atoms with Gasteiger partial charge < -0.3 is 13.9 Å². The standard InChI is InChI=1S/C23H24O3/c1-2-6-20(7-3-1)26-21-12-10-18(11-13-21)16-25-23-9-5-4-8-22(23)19-14-15-24-17-19/h1-3,6-7,10-15,17,22-23H,4-5,8-9,16H2/t22-,23+/m1/s1. The fraction of sp³-hybridized carbons (Fsp3) is 0.304. The molecule has 2 atom stereocenters. The van der Waals surface area contributed by atoms with Gasteiger partial charge in [-0.2, -0.15) is 0 Å². The van der Waals surface area contributed by atoms with Gasteiger partial charge in [0.05, 0.1) is 25.2 Å². The average molecular weight is 348 g/mol. The predicted molar refractivity (Wildman–Crippen MR) is 101 cm³/mol. The van der Waals surface area contributed by atoms with Gasteiger partial charge in [0.2, 0.25) is 0 Å². The minimum Gasteiger partial charge on any atom is -0.472 e. The monoisotopic (exact) mass is 348 g/mol. The molecule has 1 heterocycles. The van der Waals surface area contributed by atoms with E-state index >= 15 is 0 Å². The zero-order valence-corrected chi connectivity index (χ0v) is 14.8. The smallest absolute Gasteiger partial charge is 0.127 e. The number of hydrogen-bond acceptors (Lipinski definition) is 3. The molecule has 3 nitrogen and oxygen atoms in total. The molecule has 0 saturated heterocycles. The molecule has 1 aliphatic carbocycles. The van der Waals surface area contributed by atoms with Crippen LogP contribution in [0.25, 0.3) is 0 Å². The number of ether oxygens (including phenoxy) is 2. The Morgan fingerprint density at radius 1 is 0.846 bits per heavy atom. The van der Waals surface area contributed by atoms with Gasteiger partial charge in [-0.15, -0.1) is 0 Å². The summed E-state index contributed by atoms with van der Waals surface area (Å²) < 4.78 is 17.4. The van der Waals surface area contributed by atoms with E-state index < -0.39 is 0 Å². The molecule has 0 radical (unpaired) electrons. The van der Waals surface area contributed by atoms with Crippen LogP contribution in [0.4, 0.5) is 0 Å². The number of hydrogen-bond donors (Lipinski definition) is 0. The van der Waals surface area contributed by atoms with Crippen LogP contribution in [0.2, 0.25) is 0 Å². The Morgan fingerprint density at radius 3 is 2.38 bits per heavy atom. The van der Waals surface area contributed by atoms with Gasteiger partial charge >= 0.3 is 0 Å². The Hall–Kier alpha value is -2.52. The molecule has 134 valence electrons. The highest BCUT2D eigenvalue weighted by atomic mass is 16.5. The molecular weight excluding hydrogens is 324 g/mol. The molecule has 1 fully saturated rings. The van der Waals surface area contributed by atoms with Crippen molar-refractivity contribution in [2.24, 2.45) is 0 Å². The van der Waals surface area contributed by atoms with E-state index in [1.54, 1.807) is 6.26 Å². The topological polar surface area (TPSA) is 31.6 Å². The van der Waals surface area contributed by atoms with Crippen LogP contribution >= 0.6 is 0 Å². The first-order valence-electron chi connectivity index (χ1n) is 9.34. The Morgan fingerprint density at radius 2 is 1.62 bits per heavy atom. The minimum atomic E-state index is 0.265. The molecule has 0 amide bonds. The summed E-state index contributed by atoms with van der Waals surface area (Å²) >= 11 is 0. The summed E-state index contributed by atoms with van der Waals surface area (Å²) in [7, 11) is 0. The van der Waals surface area contributed by atoms with E-state index in [1.165, 1.54) is 30.4 Å². The zero-order chi connectivity index (χ0) is 17.6. The first-order valence-corrected chi connectivity index (χ1v) is 9.34. The first-order chi connectivity index (χ1) is 12.9. The molecule has 1 aromatic heterocycles. The SMILES string of the molecule is c1ccc(Oc2ccc(CO[C@H]3CCCC[C@@H]3c3ccoc3)cc2)cc1. The van der Waals surface area contributed by atoms with Gasteiger partial charge in [0, 0.05) is 5.92 Å². The summed E-state index contributed by atoms with van der Waals surface area (Å²) in [6.07, 6.45) is 8.68. The molecule has 26 heavy (non-hydrogen) atoms. The van der Waals surface area contributed by atoms with Crippen molar-refractivity contribution in [3.8, 4) is 11.5 Å². The molecule has 0 aliphatic heterocycles. The molecular formula is C23H24O3. The van der Waals surface area contributed by atoms with E-state index in [9.17, 15) is 0 Å². The summed E-state index contributed by atoms with van der Waals surface area (Å²) in [5.41, 5.74) is 2.43. The van der Waals surface area contributed by atoms with Crippen molar-refractivity contribution in [3.63, 3.8) is 0 Å². The molecule has 0 N–H and O–H groups in total. The quantitative estimate of drug-likeness (QED) is 0.523. The molecule has 0 bridgehead atoms.